The molecule has 0 aliphatic carbocycles. The van der Waals surface area contributed by atoms with Crippen molar-refractivity contribution in [2.75, 3.05) is 70.9 Å². The van der Waals surface area contributed by atoms with Crippen LogP contribution in [0.4, 0.5) is 10.1 Å². The predicted octanol–water partition coefficient (Wildman–Crippen LogP) is 1.11. The number of para-hydroxylation sites is 1. The number of halogens is 1. The van der Waals surface area contributed by atoms with Crippen molar-refractivity contribution >= 4 is 11.6 Å². The van der Waals surface area contributed by atoms with Gasteiger partial charge in [-0.25, -0.2) is 4.39 Å². The first-order valence-corrected chi connectivity index (χ1v) is 8.81. The Hall–Kier alpha value is -1.66. The number of carbonyl (C=O) groups is 1. The van der Waals surface area contributed by atoms with Gasteiger partial charge in [0.1, 0.15) is 5.82 Å². The molecule has 1 amide bonds. The van der Waals surface area contributed by atoms with E-state index in [4.69, 9.17) is 0 Å². The van der Waals surface area contributed by atoms with Crippen molar-refractivity contribution < 1.29 is 9.18 Å². The number of hydrogen-bond donors (Lipinski definition) is 0. The van der Waals surface area contributed by atoms with E-state index < -0.39 is 0 Å². The van der Waals surface area contributed by atoms with Crippen molar-refractivity contribution in [3.05, 3.63) is 30.1 Å². The molecule has 6 heteroatoms. The van der Waals surface area contributed by atoms with E-state index in [1.807, 2.05) is 15.9 Å². The van der Waals surface area contributed by atoms with Crippen molar-refractivity contribution in [2.24, 2.45) is 0 Å². The minimum Gasteiger partial charge on any atom is -0.366 e. The van der Waals surface area contributed by atoms with Crippen molar-refractivity contribution in [2.45, 2.75) is 6.42 Å². The van der Waals surface area contributed by atoms with Gasteiger partial charge in [-0.2, -0.15) is 0 Å². The van der Waals surface area contributed by atoms with E-state index in [2.05, 4.69) is 16.8 Å². The molecule has 2 fully saturated rings. The van der Waals surface area contributed by atoms with Crippen LogP contribution in [0.15, 0.2) is 24.3 Å². The standard InChI is InChI=1S/C18H27FN4O/c1-20-8-10-21(11-9-20)7-6-18(24)23-14-12-22(13-15-23)17-5-3-2-4-16(17)19/h2-5H,6-15H2,1H3. The van der Waals surface area contributed by atoms with Gasteiger partial charge in [-0.3, -0.25) is 4.79 Å². The molecule has 0 atom stereocenters. The summed E-state index contributed by atoms with van der Waals surface area (Å²) >= 11 is 0. The van der Waals surface area contributed by atoms with Crippen LogP contribution in [0.25, 0.3) is 0 Å². The van der Waals surface area contributed by atoms with E-state index in [0.717, 1.165) is 32.7 Å². The highest BCUT2D eigenvalue weighted by Crippen LogP contribution is 2.20. The molecule has 1 aromatic carbocycles. The molecule has 2 aliphatic rings. The normalized spacial score (nSPS) is 20.4. The van der Waals surface area contributed by atoms with Crippen molar-refractivity contribution in [3.8, 4) is 0 Å². The zero-order valence-electron chi connectivity index (χ0n) is 14.5. The van der Waals surface area contributed by atoms with E-state index in [0.29, 0.717) is 38.3 Å². The number of rotatable bonds is 4. The van der Waals surface area contributed by atoms with Crippen molar-refractivity contribution in [1.82, 2.24) is 14.7 Å². The highest BCUT2D eigenvalue weighted by molar-refractivity contribution is 5.76. The molecular formula is C18H27FN4O. The predicted molar refractivity (Wildman–Crippen MR) is 93.7 cm³/mol. The fourth-order valence-corrected chi connectivity index (χ4v) is 3.39. The Balaban J connectivity index is 1.43. The Labute approximate surface area is 143 Å². The molecule has 0 bridgehead atoms. The van der Waals surface area contributed by atoms with Gasteiger partial charge in [0, 0.05) is 65.3 Å². The van der Waals surface area contributed by atoms with E-state index in [9.17, 15) is 9.18 Å². The van der Waals surface area contributed by atoms with E-state index >= 15 is 0 Å². The summed E-state index contributed by atoms with van der Waals surface area (Å²) in [5, 5.41) is 0. The average Bonchev–Trinajstić information content (AvgIpc) is 2.61. The van der Waals surface area contributed by atoms with Crippen molar-refractivity contribution in [3.63, 3.8) is 0 Å². The maximum atomic E-state index is 13.9. The maximum absolute atomic E-state index is 13.9. The van der Waals surface area contributed by atoms with Gasteiger partial charge < -0.3 is 19.6 Å². The Morgan fingerprint density at radius 1 is 1.00 bits per heavy atom. The van der Waals surface area contributed by atoms with Crippen LogP contribution < -0.4 is 4.90 Å². The minimum absolute atomic E-state index is 0.188. The first-order valence-electron chi connectivity index (χ1n) is 8.81. The third kappa shape index (κ3) is 4.24. The molecule has 0 saturated carbocycles. The van der Waals surface area contributed by atoms with Gasteiger partial charge in [-0.1, -0.05) is 12.1 Å². The number of likely N-dealkylation sites (N-methyl/N-ethyl adjacent to an activating group) is 1. The summed E-state index contributed by atoms with van der Waals surface area (Å²) in [5.41, 5.74) is 0.641. The van der Waals surface area contributed by atoms with Crippen LogP contribution in [0, 0.1) is 5.82 Å². The first kappa shape index (κ1) is 17.2. The Morgan fingerprint density at radius 2 is 1.67 bits per heavy atom. The first-order chi connectivity index (χ1) is 11.6. The summed E-state index contributed by atoms with van der Waals surface area (Å²) < 4.78 is 13.9. The second-order valence-electron chi connectivity index (χ2n) is 6.71. The molecule has 0 unspecified atom stereocenters. The van der Waals surface area contributed by atoms with E-state index in [1.165, 1.54) is 6.07 Å². The number of carbonyl (C=O) groups excluding carboxylic acids is 1. The largest absolute Gasteiger partial charge is 0.366 e. The molecular weight excluding hydrogens is 307 g/mol. The number of nitrogens with zero attached hydrogens (tertiary/aromatic N) is 4. The van der Waals surface area contributed by atoms with Crippen LogP contribution in [0.1, 0.15) is 6.42 Å². The van der Waals surface area contributed by atoms with Crippen molar-refractivity contribution in [1.29, 1.82) is 0 Å². The second kappa shape index (κ2) is 7.94. The fraction of sp³-hybridized carbons (Fsp3) is 0.611. The molecule has 2 aliphatic heterocycles. The van der Waals surface area contributed by atoms with Crippen LogP contribution in [0.2, 0.25) is 0 Å². The smallest absolute Gasteiger partial charge is 0.223 e. The highest BCUT2D eigenvalue weighted by atomic mass is 19.1. The monoisotopic (exact) mass is 334 g/mol. The lowest BCUT2D eigenvalue weighted by Crippen LogP contribution is -2.50. The quantitative estimate of drug-likeness (QED) is 0.825. The van der Waals surface area contributed by atoms with E-state index in [1.54, 1.807) is 12.1 Å². The molecule has 2 heterocycles. The maximum Gasteiger partial charge on any atom is 0.223 e. The highest BCUT2D eigenvalue weighted by Gasteiger charge is 2.23. The minimum atomic E-state index is -0.188. The number of piperazine rings is 2. The lowest BCUT2D eigenvalue weighted by molar-refractivity contribution is -0.131. The average molecular weight is 334 g/mol. The van der Waals surface area contributed by atoms with Crippen LogP contribution in [0.5, 0.6) is 0 Å². The summed E-state index contributed by atoms with van der Waals surface area (Å²) in [5.74, 6) is 0.0365. The lowest BCUT2D eigenvalue weighted by Gasteiger charge is -2.37. The third-order valence-electron chi connectivity index (χ3n) is 5.06. The topological polar surface area (TPSA) is 30.0 Å². The summed E-state index contributed by atoms with van der Waals surface area (Å²) in [6.07, 6.45) is 0.587. The Bertz CT molecular complexity index is 552. The van der Waals surface area contributed by atoms with Gasteiger partial charge in [-0.05, 0) is 19.2 Å². The van der Waals surface area contributed by atoms with Gasteiger partial charge in [0.05, 0.1) is 5.69 Å². The van der Waals surface area contributed by atoms with E-state index in [-0.39, 0.29) is 11.7 Å². The molecule has 0 radical (unpaired) electrons. The molecule has 0 spiro atoms. The Kier molecular flexibility index (Phi) is 5.68. The summed E-state index contributed by atoms with van der Waals surface area (Å²) in [4.78, 5) is 21.1. The SMILES string of the molecule is CN1CCN(CCC(=O)N2CCN(c3ccccc3F)CC2)CC1. The fourth-order valence-electron chi connectivity index (χ4n) is 3.39. The third-order valence-corrected chi connectivity index (χ3v) is 5.06. The molecule has 0 aromatic heterocycles. The van der Waals surface area contributed by atoms with Gasteiger partial charge in [0.15, 0.2) is 0 Å². The summed E-state index contributed by atoms with van der Waals surface area (Å²) in [6.45, 7) is 7.84. The van der Waals surface area contributed by atoms with Gasteiger partial charge in [-0.15, -0.1) is 0 Å². The van der Waals surface area contributed by atoms with Crippen LogP contribution in [-0.4, -0.2) is 86.6 Å². The summed E-state index contributed by atoms with van der Waals surface area (Å²) in [7, 11) is 2.14. The number of anilines is 1. The summed E-state index contributed by atoms with van der Waals surface area (Å²) in [6, 6.07) is 6.85. The lowest BCUT2D eigenvalue weighted by atomic mass is 10.2. The number of amides is 1. The van der Waals surface area contributed by atoms with Gasteiger partial charge in [0.2, 0.25) is 5.91 Å². The second-order valence-corrected chi connectivity index (χ2v) is 6.71. The zero-order chi connectivity index (χ0) is 16.9. The van der Waals surface area contributed by atoms with Crippen LogP contribution in [-0.2, 0) is 4.79 Å². The molecule has 1 aromatic rings. The molecule has 2 saturated heterocycles. The molecule has 132 valence electrons. The van der Waals surface area contributed by atoms with Crippen LogP contribution >= 0.6 is 0 Å². The van der Waals surface area contributed by atoms with Gasteiger partial charge >= 0.3 is 0 Å². The Morgan fingerprint density at radius 3 is 2.33 bits per heavy atom. The number of hydrogen-bond acceptors (Lipinski definition) is 4. The molecule has 24 heavy (non-hydrogen) atoms. The molecule has 5 nitrogen and oxygen atoms in total. The molecule has 0 N–H and O–H groups in total. The van der Waals surface area contributed by atoms with Crippen LogP contribution in [0.3, 0.4) is 0 Å². The zero-order valence-corrected chi connectivity index (χ0v) is 14.5. The number of benzene rings is 1. The molecule has 3 rings (SSSR count). The van der Waals surface area contributed by atoms with Gasteiger partial charge in [0.25, 0.3) is 0 Å².